The molecule has 1 unspecified atom stereocenters. The smallest absolute Gasteiger partial charge is 0.0593 e. The highest BCUT2D eigenvalue weighted by Crippen LogP contribution is 2.09. The van der Waals surface area contributed by atoms with E-state index in [0.717, 1.165) is 38.9 Å². The topological polar surface area (TPSA) is 24.5 Å². The van der Waals surface area contributed by atoms with Gasteiger partial charge in [0.1, 0.15) is 0 Å². The summed E-state index contributed by atoms with van der Waals surface area (Å²) in [6, 6.07) is 0.742. The quantitative estimate of drug-likeness (QED) is 0.520. The van der Waals surface area contributed by atoms with E-state index in [1.165, 1.54) is 13.0 Å². The van der Waals surface area contributed by atoms with Gasteiger partial charge in [0.05, 0.1) is 6.61 Å². The van der Waals surface area contributed by atoms with Crippen molar-refractivity contribution in [3.05, 3.63) is 0 Å². The number of piperazine rings is 1. The van der Waals surface area contributed by atoms with Gasteiger partial charge in [-0.2, -0.15) is 0 Å². The van der Waals surface area contributed by atoms with Gasteiger partial charge in [-0.15, -0.1) is 0 Å². The fourth-order valence-corrected chi connectivity index (χ4v) is 1.89. The number of nitrogens with zero attached hydrogens (tertiary/aromatic N) is 1. The van der Waals surface area contributed by atoms with Crippen molar-refractivity contribution < 1.29 is 4.74 Å². The molecule has 0 spiro atoms. The van der Waals surface area contributed by atoms with Gasteiger partial charge in [0.25, 0.3) is 0 Å². The Balaban J connectivity index is 1.93. The monoisotopic (exact) mass is 156 g/mol. The van der Waals surface area contributed by atoms with Crippen LogP contribution < -0.4 is 5.32 Å². The van der Waals surface area contributed by atoms with Crippen LogP contribution in [0.25, 0.3) is 0 Å². The van der Waals surface area contributed by atoms with Gasteiger partial charge >= 0.3 is 0 Å². The molecule has 3 heteroatoms. The number of ether oxygens (including phenoxy) is 1. The minimum Gasteiger partial charge on any atom is -0.380 e. The van der Waals surface area contributed by atoms with E-state index in [4.69, 9.17) is 4.74 Å². The second-order valence-electron chi connectivity index (χ2n) is 3.29. The zero-order valence-electron chi connectivity index (χ0n) is 6.88. The van der Waals surface area contributed by atoms with E-state index in [1.807, 2.05) is 0 Å². The summed E-state index contributed by atoms with van der Waals surface area (Å²) in [6.07, 6.45) is 1.20. The van der Waals surface area contributed by atoms with Crippen LogP contribution in [0.1, 0.15) is 6.42 Å². The Morgan fingerprint density at radius 2 is 2.27 bits per heavy atom. The first-order valence-corrected chi connectivity index (χ1v) is 4.49. The maximum Gasteiger partial charge on any atom is 0.0593 e. The molecule has 3 nitrogen and oxygen atoms in total. The highest BCUT2D eigenvalue weighted by atomic mass is 16.5. The van der Waals surface area contributed by atoms with Gasteiger partial charge in [0.2, 0.25) is 0 Å². The fourth-order valence-electron chi connectivity index (χ4n) is 1.89. The minimum atomic E-state index is 0.742. The van der Waals surface area contributed by atoms with Gasteiger partial charge in [-0.3, -0.25) is 4.90 Å². The zero-order valence-corrected chi connectivity index (χ0v) is 6.88. The molecule has 2 saturated heterocycles. The van der Waals surface area contributed by atoms with Crippen LogP contribution in [0.5, 0.6) is 0 Å². The van der Waals surface area contributed by atoms with Crippen molar-refractivity contribution in [2.24, 2.45) is 0 Å². The van der Waals surface area contributed by atoms with Crippen molar-refractivity contribution >= 4 is 0 Å². The van der Waals surface area contributed by atoms with Crippen molar-refractivity contribution in [1.82, 2.24) is 10.2 Å². The zero-order chi connectivity index (χ0) is 7.52. The van der Waals surface area contributed by atoms with E-state index in [1.54, 1.807) is 0 Å². The molecule has 64 valence electrons. The highest BCUT2D eigenvalue weighted by molar-refractivity contribution is 4.80. The van der Waals surface area contributed by atoms with Crippen LogP contribution in [0.4, 0.5) is 0 Å². The predicted molar refractivity (Wildman–Crippen MR) is 43.7 cm³/mol. The molecule has 0 aromatic heterocycles. The molecule has 0 radical (unpaired) electrons. The van der Waals surface area contributed by atoms with E-state index in [-0.39, 0.29) is 0 Å². The highest BCUT2D eigenvalue weighted by Gasteiger charge is 2.23. The summed E-state index contributed by atoms with van der Waals surface area (Å²) >= 11 is 0. The molecule has 2 fully saturated rings. The van der Waals surface area contributed by atoms with Crippen molar-refractivity contribution in [3.63, 3.8) is 0 Å². The molecule has 2 heterocycles. The lowest BCUT2D eigenvalue weighted by atomic mass is 10.1. The minimum absolute atomic E-state index is 0.742. The van der Waals surface area contributed by atoms with Gasteiger partial charge in [-0.05, 0) is 6.42 Å². The molecular formula is C8H16N2O. The second-order valence-corrected chi connectivity index (χ2v) is 3.29. The third kappa shape index (κ3) is 1.72. The first-order valence-electron chi connectivity index (χ1n) is 4.49. The summed E-state index contributed by atoms with van der Waals surface area (Å²) in [4.78, 5) is 2.55. The fraction of sp³-hybridized carbons (Fsp3) is 1.00. The van der Waals surface area contributed by atoms with Crippen LogP contribution in [0, 0.1) is 0 Å². The van der Waals surface area contributed by atoms with Gasteiger partial charge in [0.15, 0.2) is 0 Å². The lowest BCUT2D eigenvalue weighted by molar-refractivity contribution is 0.137. The van der Waals surface area contributed by atoms with Crippen molar-refractivity contribution in [3.8, 4) is 0 Å². The molecular weight excluding hydrogens is 140 g/mol. The van der Waals surface area contributed by atoms with Gasteiger partial charge in [0, 0.05) is 38.8 Å². The lowest BCUT2D eigenvalue weighted by Gasteiger charge is -2.33. The first-order chi connectivity index (χ1) is 5.47. The van der Waals surface area contributed by atoms with E-state index in [2.05, 4.69) is 10.2 Å². The SMILES string of the molecule is C1CN2CCOCCC2CN1. The Hall–Kier alpha value is -0.120. The van der Waals surface area contributed by atoms with Crippen LogP contribution in [0.3, 0.4) is 0 Å². The summed E-state index contributed by atoms with van der Waals surface area (Å²) in [5, 5.41) is 3.41. The third-order valence-corrected chi connectivity index (χ3v) is 2.59. The molecule has 0 amide bonds. The molecule has 1 atom stereocenters. The molecule has 11 heavy (non-hydrogen) atoms. The average molecular weight is 156 g/mol. The number of hydrogen-bond donors (Lipinski definition) is 1. The Morgan fingerprint density at radius 1 is 1.27 bits per heavy atom. The molecule has 0 aliphatic carbocycles. The molecule has 0 aromatic carbocycles. The predicted octanol–water partition coefficient (Wildman–Crippen LogP) is -0.319. The van der Waals surface area contributed by atoms with Crippen molar-refractivity contribution in [1.29, 1.82) is 0 Å². The Morgan fingerprint density at radius 3 is 3.27 bits per heavy atom. The maximum absolute atomic E-state index is 5.42. The molecule has 0 bridgehead atoms. The van der Waals surface area contributed by atoms with Gasteiger partial charge in [-0.1, -0.05) is 0 Å². The molecule has 1 N–H and O–H groups in total. The number of rotatable bonds is 0. The number of hydrogen-bond acceptors (Lipinski definition) is 3. The molecule has 0 saturated carbocycles. The Labute approximate surface area is 67.7 Å². The summed E-state index contributed by atoms with van der Waals surface area (Å²) in [5.41, 5.74) is 0. The van der Waals surface area contributed by atoms with Crippen molar-refractivity contribution in [2.75, 3.05) is 39.4 Å². The van der Waals surface area contributed by atoms with E-state index in [0.29, 0.717) is 0 Å². The Kier molecular flexibility index (Phi) is 2.41. The third-order valence-electron chi connectivity index (χ3n) is 2.59. The van der Waals surface area contributed by atoms with Crippen LogP contribution in [0.2, 0.25) is 0 Å². The van der Waals surface area contributed by atoms with E-state index < -0.39 is 0 Å². The first kappa shape index (κ1) is 7.53. The average Bonchev–Trinajstić information content (AvgIpc) is 2.28. The molecule has 2 aliphatic heterocycles. The second kappa shape index (κ2) is 3.52. The van der Waals surface area contributed by atoms with Gasteiger partial charge < -0.3 is 10.1 Å². The van der Waals surface area contributed by atoms with Crippen LogP contribution >= 0.6 is 0 Å². The summed E-state index contributed by atoms with van der Waals surface area (Å²) in [7, 11) is 0. The van der Waals surface area contributed by atoms with Crippen LogP contribution in [-0.2, 0) is 4.74 Å². The number of fused-ring (bicyclic) bond motifs is 1. The number of nitrogens with one attached hydrogen (secondary N) is 1. The molecule has 0 aromatic rings. The van der Waals surface area contributed by atoms with Crippen LogP contribution in [0.15, 0.2) is 0 Å². The van der Waals surface area contributed by atoms with E-state index in [9.17, 15) is 0 Å². The largest absolute Gasteiger partial charge is 0.380 e. The van der Waals surface area contributed by atoms with Gasteiger partial charge in [-0.25, -0.2) is 0 Å². The van der Waals surface area contributed by atoms with E-state index >= 15 is 0 Å². The molecule has 2 rings (SSSR count). The normalized spacial score (nSPS) is 34.4. The molecule has 2 aliphatic rings. The summed E-state index contributed by atoms with van der Waals surface area (Å²) in [5.74, 6) is 0. The maximum atomic E-state index is 5.42. The summed E-state index contributed by atoms with van der Waals surface area (Å²) in [6.45, 7) is 6.51. The summed E-state index contributed by atoms with van der Waals surface area (Å²) < 4.78 is 5.42. The lowest BCUT2D eigenvalue weighted by Crippen LogP contribution is -2.51. The van der Waals surface area contributed by atoms with Crippen LogP contribution in [-0.4, -0.2) is 50.3 Å². The van der Waals surface area contributed by atoms with Crippen molar-refractivity contribution in [2.45, 2.75) is 12.5 Å². The Bertz CT molecular complexity index is 115. The standard InChI is InChI=1S/C8H16N2O/c1-5-11-6-4-10-3-2-9-7-8(1)10/h8-9H,1-7H2.